The number of fused-ring (bicyclic) bond motifs is 1. The smallest absolute Gasteiger partial charge is 0.318 e. The van der Waals surface area contributed by atoms with E-state index in [2.05, 4.69) is 9.50 Å². The minimum atomic E-state index is -3.95. The summed E-state index contributed by atoms with van der Waals surface area (Å²) in [6.07, 6.45) is 1.44. The number of nitrogens with one attached hydrogen (secondary N) is 1. The zero-order valence-electron chi connectivity index (χ0n) is 10.4. The minimum absolute atomic E-state index is 0.187. The molecular weight excluding hydrogens is 268 g/mol. The Bertz CT molecular complexity index is 756. The molecule has 0 aliphatic heterocycles. The van der Waals surface area contributed by atoms with Crippen LogP contribution in [-0.4, -0.2) is 26.5 Å². The largest absolute Gasteiger partial charge is 0.857 e. The maximum atomic E-state index is 12.0. The second kappa shape index (κ2) is 4.90. The van der Waals surface area contributed by atoms with E-state index in [-0.39, 0.29) is 5.56 Å². The zero-order chi connectivity index (χ0) is 14.0. The Morgan fingerprint density at radius 1 is 1.42 bits per heavy atom. The molecule has 0 fully saturated rings. The minimum Gasteiger partial charge on any atom is -0.857 e. The van der Waals surface area contributed by atoms with Crippen molar-refractivity contribution in [2.75, 3.05) is 7.05 Å². The first kappa shape index (κ1) is 13.4. The summed E-state index contributed by atoms with van der Waals surface area (Å²) in [5.74, 6) is -0.830. The maximum absolute atomic E-state index is 12.0. The summed E-state index contributed by atoms with van der Waals surface area (Å²) < 4.78 is 29.1. The van der Waals surface area contributed by atoms with Crippen molar-refractivity contribution < 1.29 is 18.2 Å². The van der Waals surface area contributed by atoms with E-state index in [0.717, 1.165) is 0 Å². The number of nitrogens with zero attached hydrogens (tertiary/aromatic N) is 3. The van der Waals surface area contributed by atoms with Crippen molar-refractivity contribution in [1.82, 2.24) is 9.82 Å². The van der Waals surface area contributed by atoms with Crippen molar-refractivity contribution in [3.63, 3.8) is 0 Å². The van der Waals surface area contributed by atoms with Crippen molar-refractivity contribution in [2.45, 2.75) is 0 Å². The molecule has 0 amide bonds. The van der Waals surface area contributed by atoms with Gasteiger partial charge in [0.05, 0.1) is 5.56 Å². The topological polar surface area (TPSA) is 98.4 Å². The number of aryl methyl sites for hydroxylation is 1. The molecule has 0 spiro atoms. The van der Waals surface area contributed by atoms with Crippen molar-refractivity contribution in [1.29, 1.82) is 0 Å². The Labute approximate surface area is 110 Å². The third-order valence-electron chi connectivity index (χ3n) is 2.47. The highest BCUT2D eigenvalue weighted by atomic mass is 32.2. The van der Waals surface area contributed by atoms with Gasteiger partial charge in [-0.3, -0.25) is 0 Å². The summed E-state index contributed by atoms with van der Waals surface area (Å²) in [7, 11) is -1.11. The molecule has 2 aromatic rings. The van der Waals surface area contributed by atoms with Gasteiger partial charge in [-0.1, -0.05) is 22.9 Å². The van der Waals surface area contributed by atoms with Gasteiger partial charge in [0.15, 0.2) is 7.05 Å². The molecule has 19 heavy (non-hydrogen) atoms. The molecule has 0 atom stereocenters. The zero-order valence-corrected chi connectivity index (χ0v) is 11.2. The van der Waals surface area contributed by atoms with Crippen LogP contribution in [0.5, 0.6) is 0 Å². The second-order valence-electron chi connectivity index (χ2n) is 3.81. The third kappa shape index (κ3) is 2.85. The fourth-order valence-electron chi connectivity index (χ4n) is 1.62. The van der Waals surface area contributed by atoms with Crippen LogP contribution in [0.25, 0.3) is 10.9 Å². The molecule has 100 valence electrons. The van der Waals surface area contributed by atoms with E-state index in [9.17, 15) is 13.5 Å². The number of rotatable bonds is 3. The molecule has 0 aliphatic rings. The predicted molar refractivity (Wildman–Crippen MR) is 67.4 cm³/mol. The molecule has 0 bridgehead atoms. The van der Waals surface area contributed by atoms with Crippen molar-refractivity contribution in [3.05, 3.63) is 36.0 Å². The van der Waals surface area contributed by atoms with Crippen LogP contribution in [0.4, 0.5) is 0 Å². The van der Waals surface area contributed by atoms with Crippen LogP contribution in [0, 0.1) is 0 Å². The van der Waals surface area contributed by atoms with E-state index >= 15 is 0 Å². The van der Waals surface area contributed by atoms with Crippen LogP contribution in [0.3, 0.4) is 0 Å². The van der Waals surface area contributed by atoms with Gasteiger partial charge in [-0.25, -0.2) is 0 Å². The maximum Gasteiger partial charge on any atom is 0.318 e. The fraction of sp³-hybridized carbons (Fsp3) is 0.182. The average molecular weight is 280 g/mol. The van der Waals surface area contributed by atoms with Crippen LogP contribution in [-0.2, 0) is 17.3 Å². The summed E-state index contributed by atoms with van der Waals surface area (Å²) in [5.41, 5.74) is 0.778. The van der Waals surface area contributed by atoms with Gasteiger partial charge in [-0.2, -0.15) is 17.5 Å². The second-order valence-corrected chi connectivity index (χ2v) is 5.35. The van der Waals surface area contributed by atoms with E-state index < -0.39 is 16.1 Å². The molecule has 0 radical (unpaired) electrons. The summed E-state index contributed by atoms with van der Waals surface area (Å²) >= 11 is 0. The lowest BCUT2D eigenvalue weighted by molar-refractivity contribution is -0.728. The van der Waals surface area contributed by atoms with Gasteiger partial charge >= 0.3 is 10.2 Å². The molecule has 0 unspecified atom stereocenters. The molecule has 7 nitrogen and oxygen atoms in total. The lowest BCUT2D eigenvalue weighted by Crippen LogP contribution is -2.36. The lowest BCUT2D eigenvalue weighted by Gasteiger charge is -2.10. The fourth-order valence-corrected chi connectivity index (χ4v) is 2.03. The summed E-state index contributed by atoms with van der Waals surface area (Å²) in [6, 6.07) is 6.95. The first-order chi connectivity index (χ1) is 8.93. The van der Waals surface area contributed by atoms with E-state index in [4.69, 9.17) is 0 Å². The summed E-state index contributed by atoms with van der Waals surface area (Å²) in [5, 5.41) is 16.7. The molecular formula is C11H12N4O3S. The number of hydrogen-bond acceptors (Lipinski definition) is 4. The molecule has 1 N–H and O–H groups in total. The van der Waals surface area contributed by atoms with E-state index in [1.807, 2.05) is 4.72 Å². The molecule has 0 saturated heterocycles. The van der Waals surface area contributed by atoms with Crippen LogP contribution in [0.15, 0.2) is 34.9 Å². The highest BCUT2D eigenvalue weighted by molar-refractivity contribution is 7.88. The van der Waals surface area contributed by atoms with E-state index in [0.29, 0.717) is 10.9 Å². The quantitative estimate of drug-likeness (QED) is 0.426. The van der Waals surface area contributed by atoms with Crippen LogP contribution in [0.1, 0.15) is 5.56 Å². The standard InChI is InChI=1S/C11H12N4O3S/c1-12-19(17,18)14-11(16)9-7-15(2)13-10-6-4-3-5-8(9)10/h3-7,12H,1-2H3. The lowest BCUT2D eigenvalue weighted by atomic mass is 10.1. The highest BCUT2D eigenvalue weighted by Gasteiger charge is 2.11. The first-order valence-electron chi connectivity index (χ1n) is 5.39. The predicted octanol–water partition coefficient (Wildman–Crippen LogP) is -1.37. The van der Waals surface area contributed by atoms with Crippen molar-refractivity contribution in [3.8, 4) is 0 Å². The number of hydrogen-bond donors (Lipinski definition) is 1. The number of aromatic nitrogens is 2. The van der Waals surface area contributed by atoms with Crippen molar-refractivity contribution >= 4 is 27.0 Å². The Hall–Kier alpha value is -2.06. The summed E-state index contributed by atoms with van der Waals surface area (Å²) in [4.78, 5) is 0. The van der Waals surface area contributed by atoms with Gasteiger partial charge in [0.2, 0.25) is 6.20 Å². The molecule has 1 aromatic carbocycles. The van der Waals surface area contributed by atoms with Crippen LogP contribution < -0.4 is 14.5 Å². The third-order valence-corrected chi connectivity index (χ3v) is 3.39. The molecule has 8 heteroatoms. The van der Waals surface area contributed by atoms with Gasteiger partial charge < -0.3 is 5.11 Å². The highest BCUT2D eigenvalue weighted by Crippen LogP contribution is 2.14. The molecule has 0 saturated carbocycles. The van der Waals surface area contributed by atoms with Gasteiger partial charge in [0.25, 0.3) is 0 Å². The molecule has 2 rings (SSSR count). The van der Waals surface area contributed by atoms with Gasteiger partial charge in [0.1, 0.15) is 5.52 Å². The Morgan fingerprint density at radius 2 is 2.11 bits per heavy atom. The number of benzene rings is 1. The SMILES string of the molecule is CNS(=O)(=O)/N=C(/[O-])c1c[n+](C)nc2ccccc12. The average Bonchev–Trinajstić information content (AvgIpc) is 2.37. The monoisotopic (exact) mass is 280 g/mol. The van der Waals surface area contributed by atoms with Gasteiger partial charge in [-0.15, -0.1) is 0 Å². The van der Waals surface area contributed by atoms with E-state index in [1.54, 1.807) is 31.3 Å². The first-order valence-corrected chi connectivity index (χ1v) is 6.83. The van der Waals surface area contributed by atoms with Crippen LogP contribution >= 0.6 is 0 Å². The van der Waals surface area contributed by atoms with Gasteiger partial charge in [0, 0.05) is 18.3 Å². The molecule has 1 heterocycles. The Balaban J connectivity index is 2.69. The Morgan fingerprint density at radius 3 is 2.79 bits per heavy atom. The van der Waals surface area contributed by atoms with Crippen molar-refractivity contribution in [2.24, 2.45) is 11.4 Å². The summed E-state index contributed by atoms with van der Waals surface area (Å²) in [6.45, 7) is 0. The molecule has 0 aliphatic carbocycles. The Kier molecular flexibility index (Phi) is 3.45. The normalized spacial score (nSPS) is 12.8. The molecule has 1 aromatic heterocycles. The van der Waals surface area contributed by atoms with Gasteiger partial charge in [-0.05, 0) is 11.2 Å². The van der Waals surface area contributed by atoms with Crippen LogP contribution in [0.2, 0.25) is 0 Å². The van der Waals surface area contributed by atoms with E-state index in [1.165, 1.54) is 17.9 Å².